The molecule has 7 nitrogen and oxygen atoms in total. The summed E-state index contributed by atoms with van der Waals surface area (Å²) >= 11 is 0. The number of carbonyl (C=O) groups excluding carboxylic acids is 2. The molecule has 2 heterocycles. The Morgan fingerprint density at radius 1 is 1.38 bits per heavy atom. The lowest BCUT2D eigenvalue weighted by Crippen LogP contribution is -2.45. The largest absolute Gasteiger partial charge is 0.337 e. The number of allylic oxidation sites excluding steroid dienone is 2. The van der Waals surface area contributed by atoms with E-state index in [1.54, 1.807) is 6.08 Å². The molecule has 3 rings (SSSR count). The highest BCUT2D eigenvalue weighted by Gasteiger charge is 2.26. The van der Waals surface area contributed by atoms with Crippen LogP contribution in [0.25, 0.3) is 0 Å². The number of benzene rings is 1. The van der Waals surface area contributed by atoms with E-state index < -0.39 is 11.9 Å². The fourth-order valence-electron chi connectivity index (χ4n) is 2.80. The second-order valence-corrected chi connectivity index (χ2v) is 6.22. The zero-order valence-corrected chi connectivity index (χ0v) is 14.6. The van der Waals surface area contributed by atoms with E-state index >= 15 is 0 Å². The average molecular weight is 351 g/mol. The van der Waals surface area contributed by atoms with Crippen molar-refractivity contribution < 1.29 is 9.59 Å². The molecular weight excluding hydrogens is 330 g/mol. The van der Waals surface area contributed by atoms with Gasteiger partial charge in [-0.25, -0.2) is 4.98 Å². The van der Waals surface area contributed by atoms with E-state index in [0.29, 0.717) is 30.8 Å². The maximum Gasteiger partial charge on any atom is 0.291 e. The molecule has 0 saturated carbocycles. The van der Waals surface area contributed by atoms with Crippen molar-refractivity contribution in [1.82, 2.24) is 25.8 Å². The predicted octanol–water partition coefficient (Wildman–Crippen LogP) is 1.86. The Morgan fingerprint density at radius 3 is 2.88 bits per heavy atom. The summed E-state index contributed by atoms with van der Waals surface area (Å²) in [6, 6.07) is 9.14. The summed E-state index contributed by atoms with van der Waals surface area (Å²) in [6.07, 6.45) is 3.37. The van der Waals surface area contributed by atoms with E-state index in [1.165, 1.54) is 0 Å². The Labute approximate surface area is 151 Å². The maximum absolute atomic E-state index is 12.4. The SMILES string of the molecule is C=CC1=C(C)CCC(NC(=O)c2n[nH]c(Cc3ccccc3)n2)C(=O)N1. The molecule has 1 unspecified atom stereocenters. The van der Waals surface area contributed by atoms with Gasteiger partial charge in [0.15, 0.2) is 0 Å². The predicted molar refractivity (Wildman–Crippen MR) is 97.2 cm³/mol. The van der Waals surface area contributed by atoms with Crippen molar-refractivity contribution in [2.75, 3.05) is 0 Å². The van der Waals surface area contributed by atoms with Gasteiger partial charge in [-0.2, -0.15) is 0 Å². The molecule has 7 heteroatoms. The second kappa shape index (κ2) is 7.77. The lowest BCUT2D eigenvalue weighted by molar-refractivity contribution is -0.122. The van der Waals surface area contributed by atoms with E-state index in [2.05, 4.69) is 32.4 Å². The maximum atomic E-state index is 12.4. The van der Waals surface area contributed by atoms with Crippen molar-refractivity contribution >= 4 is 11.8 Å². The number of hydrogen-bond acceptors (Lipinski definition) is 4. The number of amides is 2. The van der Waals surface area contributed by atoms with Crippen molar-refractivity contribution in [2.45, 2.75) is 32.2 Å². The monoisotopic (exact) mass is 351 g/mol. The van der Waals surface area contributed by atoms with E-state index in [4.69, 9.17) is 0 Å². The molecule has 1 aromatic carbocycles. The highest BCUT2D eigenvalue weighted by atomic mass is 16.2. The molecule has 1 aliphatic rings. The number of H-pyrrole nitrogens is 1. The van der Waals surface area contributed by atoms with Gasteiger partial charge in [0.1, 0.15) is 11.9 Å². The van der Waals surface area contributed by atoms with Crippen molar-refractivity contribution in [1.29, 1.82) is 0 Å². The van der Waals surface area contributed by atoms with Crippen LogP contribution in [-0.2, 0) is 11.2 Å². The minimum atomic E-state index is -0.633. The van der Waals surface area contributed by atoms with Gasteiger partial charge in [-0.3, -0.25) is 14.7 Å². The molecular formula is C19H21N5O2. The Balaban J connectivity index is 1.64. The van der Waals surface area contributed by atoms with Crippen molar-refractivity contribution in [3.8, 4) is 0 Å². The molecule has 2 amide bonds. The third-order valence-electron chi connectivity index (χ3n) is 4.30. The van der Waals surface area contributed by atoms with Gasteiger partial charge in [0.05, 0.1) is 0 Å². The van der Waals surface area contributed by atoms with Gasteiger partial charge in [0.25, 0.3) is 5.91 Å². The molecule has 0 fully saturated rings. The number of rotatable bonds is 5. The molecule has 0 aliphatic carbocycles. The van der Waals surface area contributed by atoms with Gasteiger partial charge in [0.2, 0.25) is 11.7 Å². The van der Waals surface area contributed by atoms with Crippen molar-refractivity contribution in [3.63, 3.8) is 0 Å². The minimum absolute atomic E-state index is 0.0293. The average Bonchev–Trinajstić information content (AvgIpc) is 3.06. The van der Waals surface area contributed by atoms with Crippen LogP contribution in [0.1, 0.15) is 41.8 Å². The molecule has 26 heavy (non-hydrogen) atoms. The summed E-state index contributed by atoms with van der Waals surface area (Å²) < 4.78 is 0. The van der Waals surface area contributed by atoms with Gasteiger partial charge < -0.3 is 10.6 Å². The number of nitrogens with zero attached hydrogens (tertiary/aromatic N) is 2. The van der Waals surface area contributed by atoms with Gasteiger partial charge in [0, 0.05) is 12.1 Å². The number of carbonyl (C=O) groups is 2. The summed E-state index contributed by atoms with van der Waals surface area (Å²) in [5, 5.41) is 12.2. The Morgan fingerprint density at radius 2 is 2.15 bits per heavy atom. The van der Waals surface area contributed by atoms with Crippen LogP contribution < -0.4 is 10.6 Å². The Kier molecular flexibility index (Phi) is 5.26. The fraction of sp³-hybridized carbons (Fsp3) is 0.263. The third kappa shape index (κ3) is 4.05. The molecule has 0 bridgehead atoms. The minimum Gasteiger partial charge on any atom is -0.337 e. The van der Waals surface area contributed by atoms with Gasteiger partial charge in [-0.05, 0) is 37.0 Å². The molecule has 0 radical (unpaired) electrons. The van der Waals surface area contributed by atoms with Crippen LogP contribution in [0, 0.1) is 0 Å². The van der Waals surface area contributed by atoms with E-state index in [1.807, 2.05) is 37.3 Å². The Hall–Kier alpha value is -3.22. The van der Waals surface area contributed by atoms with Crippen LogP contribution in [0.15, 0.2) is 54.3 Å². The number of hydrogen-bond donors (Lipinski definition) is 3. The van der Waals surface area contributed by atoms with E-state index in [-0.39, 0.29) is 11.7 Å². The first-order chi connectivity index (χ1) is 12.6. The van der Waals surface area contributed by atoms with Crippen LogP contribution >= 0.6 is 0 Å². The first kappa shape index (κ1) is 17.6. The lowest BCUT2D eigenvalue weighted by Gasteiger charge is -2.14. The second-order valence-electron chi connectivity index (χ2n) is 6.22. The quantitative estimate of drug-likeness (QED) is 0.765. The molecule has 3 N–H and O–H groups in total. The zero-order valence-electron chi connectivity index (χ0n) is 14.6. The van der Waals surface area contributed by atoms with E-state index in [0.717, 1.165) is 11.1 Å². The molecule has 1 aromatic heterocycles. The normalized spacial score (nSPS) is 17.4. The van der Waals surface area contributed by atoms with Crippen molar-refractivity contribution in [3.05, 3.63) is 71.5 Å². The van der Waals surface area contributed by atoms with Crippen LogP contribution in [-0.4, -0.2) is 33.0 Å². The van der Waals surface area contributed by atoms with Gasteiger partial charge in [-0.1, -0.05) is 36.9 Å². The van der Waals surface area contributed by atoms with Crippen LogP contribution in [0.3, 0.4) is 0 Å². The Bertz CT molecular complexity index is 854. The molecule has 0 spiro atoms. The summed E-state index contributed by atoms with van der Waals surface area (Å²) in [6.45, 7) is 5.63. The highest BCUT2D eigenvalue weighted by Crippen LogP contribution is 2.16. The van der Waals surface area contributed by atoms with E-state index in [9.17, 15) is 9.59 Å². The topological polar surface area (TPSA) is 99.8 Å². The van der Waals surface area contributed by atoms with Gasteiger partial charge >= 0.3 is 0 Å². The smallest absolute Gasteiger partial charge is 0.291 e. The molecule has 0 saturated heterocycles. The fourth-order valence-corrected chi connectivity index (χ4v) is 2.80. The van der Waals surface area contributed by atoms with Crippen LogP contribution in [0.5, 0.6) is 0 Å². The first-order valence-electron chi connectivity index (χ1n) is 8.46. The molecule has 1 aliphatic heterocycles. The number of nitrogens with one attached hydrogen (secondary N) is 3. The van der Waals surface area contributed by atoms with Crippen LogP contribution in [0.4, 0.5) is 0 Å². The standard InChI is InChI=1S/C19H21N5O2/c1-3-14-12(2)9-10-15(18(25)20-14)21-19(26)17-22-16(23-24-17)11-13-7-5-4-6-8-13/h3-8,15H,1,9-11H2,2H3,(H,20,25)(H,21,26)(H,22,23,24). The van der Waals surface area contributed by atoms with Crippen LogP contribution in [0.2, 0.25) is 0 Å². The highest BCUT2D eigenvalue weighted by molar-refractivity contribution is 5.95. The first-order valence-corrected chi connectivity index (χ1v) is 8.46. The number of aromatic nitrogens is 3. The molecule has 2 aromatic rings. The number of aromatic amines is 1. The summed E-state index contributed by atoms with van der Waals surface area (Å²) in [5.41, 5.74) is 2.81. The van der Waals surface area contributed by atoms with Gasteiger partial charge in [-0.15, -0.1) is 5.10 Å². The summed E-state index contributed by atoms with van der Waals surface area (Å²) in [7, 11) is 0. The summed E-state index contributed by atoms with van der Waals surface area (Å²) in [4.78, 5) is 28.9. The zero-order chi connectivity index (χ0) is 18.5. The third-order valence-corrected chi connectivity index (χ3v) is 4.30. The molecule has 1 atom stereocenters. The van der Waals surface area contributed by atoms with Crippen molar-refractivity contribution in [2.24, 2.45) is 0 Å². The molecule has 134 valence electrons. The lowest BCUT2D eigenvalue weighted by atomic mass is 10.1. The summed E-state index contributed by atoms with van der Waals surface area (Å²) in [5.74, 6) is -0.106.